The molecule has 0 saturated carbocycles. The first-order valence-electron chi connectivity index (χ1n) is 10.3. The molecule has 0 saturated heterocycles. The number of nitrogens with zero attached hydrogens (tertiary/aromatic N) is 3. The number of aromatic nitrogens is 2. The monoisotopic (exact) mass is 544 g/mol. The second-order valence-electron chi connectivity index (χ2n) is 7.91. The summed E-state index contributed by atoms with van der Waals surface area (Å²) in [5, 5.41) is 13.7. The van der Waals surface area contributed by atoms with Gasteiger partial charge in [0.25, 0.3) is 5.56 Å². The van der Waals surface area contributed by atoms with E-state index in [0.717, 1.165) is 42.1 Å². The van der Waals surface area contributed by atoms with Crippen molar-refractivity contribution in [1.82, 2.24) is 9.13 Å². The summed E-state index contributed by atoms with van der Waals surface area (Å²) in [5.41, 5.74) is 2.61. The molecule has 2 N–H and O–H groups in total. The summed E-state index contributed by atoms with van der Waals surface area (Å²) < 4.78 is 2.79. The Kier molecular flexibility index (Phi) is 7.83. The van der Waals surface area contributed by atoms with Crippen LogP contribution >= 0.6 is 27.7 Å². The Hall–Kier alpha value is -3.11. The molecule has 0 aliphatic heterocycles. The number of aliphatic imine (C=N–C) groups is 1. The number of carbonyl (C=O) groups is 1. The molecule has 0 spiro atoms. The average Bonchev–Trinajstić information content (AvgIpc) is 2.78. The Bertz CT molecular complexity index is 1390. The first-order valence-corrected chi connectivity index (χ1v) is 12.1. The van der Waals surface area contributed by atoms with Crippen molar-refractivity contribution in [2.24, 2.45) is 19.1 Å². The van der Waals surface area contributed by atoms with Gasteiger partial charge in [-0.25, -0.2) is 9.79 Å². The fourth-order valence-electron chi connectivity index (χ4n) is 3.33. The summed E-state index contributed by atoms with van der Waals surface area (Å²) in [5.74, 6) is -0.867. The van der Waals surface area contributed by atoms with Gasteiger partial charge in [-0.1, -0.05) is 45.4 Å². The molecule has 1 heterocycles. The van der Waals surface area contributed by atoms with Crippen molar-refractivity contribution in [2.75, 3.05) is 11.1 Å². The molecule has 0 fully saturated rings. The third kappa shape index (κ3) is 5.51. The minimum Gasteiger partial charge on any atom is -0.494 e. The van der Waals surface area contributed by atoms with Gasteiger partial charge in [0, 0.05) is 24.3 Å². The van der Waals surface area contributed by atoms with Crippen molar-refractivity contribution in [1.29, 1.82) is 0 Å². The zero-order chi connectivity index (χ0) is 25.2. The summed E-state index contributed by atoms with van der Waals surface area (Å²) in [6, 6.07) is 11.1. The molecule has 0 aliphatic carbocycles. The Labute approximate surface area is 209 Å². The van der Waals surface area contributed by atoms with Gasteiger partial charge in [0.1, 0.15) is 10.6 Å². The number of benzene rings is 2. The normalized spacial score (nSPS) is 11.5. The molecule has 10 heteroatoms. The Balaban J connectivity index is 1.99. The van der Waals surface area contributed by atoms with Crippen LogP contribution in [0.3, 0.4) is 0 Å². The number of aryl methyl sites for hydroxylation is 3. The summed E-state index contributed by atoms with van der Waals surface area (Å²) in [7, 11) is 2.69. The summed E-state index contributed by atoms with van der Waals surface area (Å²) >= 11 is 4.45. The van der Waals surface area contributed by atoms with E-state index >= 15 is 0 Å². The van der Waals surface area contributed by atoms with Gasteiger partial charge >= 0.3 is 5.69 Å². The van der Waals surface area contributed by atoms with Gasteiger partial charge in [0.05, 0.1) is 11.4 Å². The maximum Gasteiger partial charge on any atom is 0.333 e. The zero-order valence-corrected chi connectivity index (χ0v) is 21.9. The predicted molar refractivity (Wildman–Crippen MR) is 141 cm³/mol. The molecule has 0 bridgehead atoms. The molecule has 1 aromatic heterocycles. The number of anilines is 1. The number of aromatic hydroxyl groups is 1. The van der Waals surface area contributed by atoms with Crippen LogP contribution in [0, 0.1) is 20.8 Å². The van der Waals surface area contributed by atoms with Crippen molar-refractivity contribution in [3.05, 3.63) is 84.0 Å². The van der Waals surface area contributed by atoms with E-state index < -0.39 is 17.1 Å². The van der Waals surface area contributed by atoms with Crippen LogP contribution in [-0.4, -0.2) is 30.9 Å². The van der Waals surface area contributed by atoms with Gasteiger partial charge in [-0.05, 0) is 56.2 Å². The molecule has 0 radical (unpaired) electrons. The molecule has 34 heavy (non-hydrogen) atoms. The lowest BCUT2D eigenvalue weighted by Gasteiger charge is -2.14. The van der Waals surface area contributed by atoms with E-state index in [4.69, 9.17) is 0 Å². The Morgan fingerprint density at radius 1 is 1.06 bits per heavy atom. The predicted octanol–water partition coefficient (Wildman–Crippen LogP) is 3.93. The van der Waals surface area contributed by atoms with E-state index in [0.29, 0.717) is 11.4 Å². The highest BCUT2D eigenvalue weighted by Gasteiger charge is 2.22. The molecular formula is C24H25BrN4O4S. The van der Waals surface area contributed by atoms with Gasteiger partial charge in [-0.3, -0.25) is 18.7 Å². The maximum absolute atomic E-state index is 12.9. The number of amides is 1. The quantitative estimate of drug-likeness (QED) is 0.374. The van der Waals surface area contributed by atoms with Crippen LogP contribution in [0.15, 0.2) is 55.5 Å². The fourth-order valence-corrected chi connectivity index (χ4v) is 4.85. The SMILES string of the molecule is Cc1ccc(N=C(SCC(=O)Nc2c(C)cc(Br)cc2C)c2c(O)n(C)c(=O)n(C)c2=O)cc1. The van der Waals surface area contributed by atoms with Crippen molar-refractivity contribution in [3.8, 4) is 5.88 Å². The molecule has 0 aliphatic rings. The molecule has 0 atom stereocenters. The number of rotatable bonds is 5. The third-order valence-electron chi connectivity index (χ3n) is 5.21. The minimum atomic E-state index is -0.695. The molecule has 3 aromatic rings. The highest BCUT2D eigenvalue weighted by atomic mass is 79.9. The minimum absolute atomic E-state index is 0.0644. The summed E-state index contributed by atoms with van der Waals surface area (Å²) in [6.45, 7) is 5.74. The van der Waals surface area contributed by atoms with Crippen molar-refractivity contribution >= 4 is 50.0 Å². The van der Waals surface area contributed by atoms with Gasteiger partial charge in [0.2, 0.25) is 11.8 Å². The largest absolute Gasteiger partial charge is 0.494 e. The second kappa shape index (κ2) is 10.4. The number of nitrogens with one attached hydrogen (secondary N) is 1. The lowest BCUT2D eigenvalue weighted by atomic mass is 10.1. The van der Waals surface area contributed by atoms with Crippen LogP contribution in [0.25, 0.3) is 0 Å². The van der Waals surface area contributed by atoms with Crippen molar-refractivity contribution < 1.29 is 9.90 Å². The summed E-state index contributed by atoms with van der Waals surface area (Å²) in [4.78, 5) is 42.4. The first kappa shape index (κ1) is 25.5. The van der Waals surface area contributed by atoms with E-state index in [9.17, 15) is 19.5 Å². The lowest BCUT2D eigenvalue weighted by molar-refractivity contribution is -0.113. The first-order chi connectivity index (χ1) is 16.0. The molecule has 8 nitrogen and oxygen atoms in total. The molecule has 1 amide bonds. The van der Waals surface area contributed by atoms with E-state index in [1.54, 1.807) is 12.1 Å². The van der Waals surface area contributed by atoms with Crippen molar-refractivity contribution in [3.63, 3.8) is 0 Å². The Morgan fingerprint density at radius 2 is 1.65 bits per heavy atom. The van der Waals surface area contributed by atoms with Gasteiger partial charge in [0.15, 0.2) is 0 Å². The van der Waals surface area contributed by atoms with E-state index in [2.05, 4.69) is 26.2 Å². The van der Waals surface area contributed by atoms with E-state index in [1.807, 2.05) is 45.0 Å². The number of hydrogen-bond acceptors (Lipinski definition) is 6. The van der Waals surface area contributed by atoms with Crippen LogP contribution in [0.4, 0.5) is 11.4 Å². The van der Waals surface area contributed by atoms with Crippen molar-refractivity contribution in [2.45, 2.75) is 20.8 Å². The highest BCUT2D eigenvalue weighted by molar-refractivity contribution is 9.10. The standard InChI is InChI=1S/C24H25BrN4O4S/c1-13-6-8-17(9-7-13)26-21(19-22(31)28(4)24(33)29(5)23(19)32)34-12-18(30)27-20-14(2)10-16(25)11-15(20)3/h6-11,31H,12H2,1-5H3,(H,27,30). The lowest BCUT2D eigenvalue weighted by Crippen LogP contribution is -2.39. The van der Waals surface area contributed by atoms with Crippen LogP contribution in [0.5, 0.6) is 5.88 Å². The molecule has 178 valence electrons. The second-order valence-corrected chi connectivity index (χ2v) is 9.79. The van der Waals surface area contributed by atoms with Crippen LogP contribution in [-0.2, 0) is 18.9 Å². The molecule has 2 aromatic carbocycles. The van der Waals surface area contributed by atoms with Gasteiger partial charge in [-0.15, -0.1) is 0 Å². The molecule has 0 unspecified atom stereocenters. The highest BCUT2D eigenvalue weighted by Crippen LogP contribution is 2.27. The van der Waals surface area contributed by atoms with E-state index in [1.165, 1.54) is 14.1 Å². The number of carbonyl (C=O) groups excluding carboxylic acids is 1. The number of hydrogen-bond donors (Lipinski definition) is 2. The fraction of sp³-hybridized carbons (Fsp3) is 0.250. The average molecular weight is 545 g/mol. The van der Waals surface area contributed by atoms with Gasteiger partial charge in [-0.2, -0.15) is 0 Å². The Morgan fingerprint density at radius 3 is 2.24 bits per heavy atom. The maximum atomic E-state index is 12.9. The molecule has 3 rings (SSSR count). The van der Waals surface area contributed by atoms with Crippen LogP contribution in [0.2, 0.25) is 0 Å². The third-order valence-corrected chi connectivity index (χ3v) is 6.65. The zero-order valence-electron chi connectivity index (χ0n) is 19.5. The molecular weight excluding hydrogens is 520 g/mol. The van der Waals surface area contributed by atoms with Gasteiger partial charge < -0.3 is 10.4 Å². The van der Waals surface area contributed by atoms with Crippen LogP contribution < -0.4 is 16.6 Å². The number of halogens is 1. The van der Waals surface area contributed by atoms with Crippen LogP contribution in [0.1, 0.15) is 22.3 Å². The summed E-state index contributed by atoms with van der Waals surface area (Å²) in [6.07, 6.45) is 0. The topological polar surface area (TPSA) is 106 Å². The smallest absolute Gasteiger partial charge is 0.333 e. The number of thioether (sulfide) groups is 1. The van der Waals surface area contributed by atoms with E-state index in [-0.39, 0.29) is 22.3 Å².